The van der Waals surface area contributed by atoms with E-state index in [1.807, 2.05) is 6.26 Å². The molecule has 0 spiro atoms. The van der Waals surface area contributed by atoms with Crippen molar-refractivity contribution in [3.63, 3.8) is 0 Å². The van der Waals surface area contributed by atoms with E-state index >= 15 is 0 Å². The van der Waals surface area contributed by atoms with Gasteiger partial charge in [-0.3, -0.25) is 19.2 Å². The highest BCUT2D eigenvalue weighted by atomic mass is 32.2. The lowest BCUT2D eigenvalue weighted by atomic mass is 10.0. The Morgan fingerprint density at radius 3 is 1.97 bits per heavy atom. The van der Waals surface area contributed by atoms with Crippen LogP contribution in [-0.4, -0.2) is 76.0 Å². The summed E-state index contributed by atoms with van der Waals surface area (Å²) in [4.78, 5) is 58.9. The molecular formula is C18H32N4O7S. The number of hydrogen-bond acceptors (Lipinski definition) is 7. The van der Waals surface area contributed by atoms with E-state index in [0.29, 0.717) is 5.75 Å². The van der Waals surface area contributed by atoms with Gasteiger partial charge in [-0.25, -0.2) is 4.79 Å². The maximum absolute atomic E-state index is 12.5. The third-order valence-corrected chi connectivity index (χ3v) is 4.88. The number of carbonyl (C=O) groups is 5. The van der Waals surface area contributed by atoms with Gasteiger partial charge in [-0.1, -0.05) is 13.8 Å². The summed E-state index contributed by atoms with van der Waals surface area (Å²) in [5, 5.41) is 25.2. The molecule has 4 unspecified atom stereocenters. The van der Waals surface area contributed by atoms with Gasteiger partial charge in [0, 0.05) is 6.42 Å². The first-order chi connectivity index (χ1) is 13.9. The van der Waals surface area contributed by atoms with E-state index < -0.39 is 53.8 Å². The van der Waals surface area contributed by atoms with Crippen molar-refractivity contribution >= 4 is 41.4 Å². The Morgan fingerprint density at radius 2 is 1.50 bits per heavy atom. The van der Waals surface area contributed by atoms with E-state index in [2.05, 4.69) is 16.0 Å². The second-order valence-electron chi connectivity index (χ2n) is 7.18. The molecule has 4 atom stereocenters. The Hall–Kier alpha value is -2.34. The molecule has 0 radical (unpaired) electrons. The average molecular weight is 449 g/mol. The number of aliphatic carboxylic acids is 2. The molecular weight excluding hydrogens is 416 g/mol. The van der Waals surface area contributed by atoms with E-state index in [1.54, 1.807) is 13.8 Å². The fraction of sp³-hybridized carbons (Fsp3) is 0.722. The summed E-state index contributed by atoms with van der Waals surface area (Å²) in [7, 11) is 0. The Kier molecular flexibility index (Phi) is 12.7. The molecule has 0 aliphatic rings. The lowest BCUT2D eigenvalue weighted by Gasteiger charge is -2.24. The molecule has 0 aromatic carbocycles. The second kappa shape index (κ2) is 13.8. The molecule has 0 aliphatic carbocycles. The van der Waals surface area contributed by atoms with Gasteiger partial charge in [0.15, 0.2) is 0 Å². The molecule has 0 rings (SSSR count). The van der Waals surface area contributed by atoms with Gasteiger partial charge < -0.3 is 31.9 Å². The first-order valence-electron chi connectivity index (χ1n) is 9.50. The Labute approximate surface area is 179 Å². The number of carboxylic acid groups (broad SMARTS) is 2. The normalized spacial score (nSPS) is 14.9. The minimum absolute atomic E-state index is 0.0833. The number of carbonyl (C=O) groups excluding carboxylic acids is 3. The molecule has 30 heavy (non-hydrogen) atoms. The topological polar surface area (TPSA) is 188 Å². The SMILES string of the molecule is CSCCC(NC(=O)C(C)NC(=O)C(N)CCC(=O)O)C(=O)NC(C(=O)O)C(C)C. The number of amides is 3. The number of nitrogens with one attached hydrogen (secondary N) is 3. The average Bonchev–Trinajstić information content (AvgIpc) is 2.65. The lowest BCUT2D eigenvalue weighted by molar-refractivity contribution is -0.143. The number of hydrogen-bond donors (Lipinski definition) is 6. The van der Waals surface area contributed by atoms with Crippen molar-refractivity contribution in [2.45, 2.75) is 64.2 Å². The minimum Gasteiger partial charge on any atom is -0.481 e. The van der Waals surface area contributed by atoms with E-state index in [4.69, 9.17) is 10.8 Å². The quantitative estimate of drug-likeness (QED) is 0.197. The summed E-state index contributed by atoms with van der Waals surface area (Å²) in [6.07, 6.45) is 1.72. The van der Waals surface area contributed by atoms with Gasteiger partial charge in [0.1, 0.15) is 18.1 Å². The molecule has 0 saturated heterocycles. The van der Waals surface area contributed by atoms with Crippen molar-refractivity contribution in [3.8, 4) is 0 Å². The van der Waals surface area contributed by atoms with Crippen LogP contribution in [0.25, 0.3) is 0 Å². The minimum atomic E-state index is -1.18. The molecule has 11 nitrogen and oxygen atoms in total. The van der Waals surface area contributed by atoms with Crippen molar-refractivity contribution in [1.29, 1.82) is 0 Å². The van der Waals surface area contributed by atoms with Crippen LogP contribution in [0.3, 0.4) is 0 Å². The van der Waals surface area contributed by atoms with Crippen LogP contribution in [0.1, 0.15) is 40.0 Å². The highest BCUT2D eigenvalue weighted by Crippen LogP contribution is 2.06. The molecule has 0 heterocycles. The smallest absolute Gasteiger partial charge is 0.326 e. The van der Waals surface area contributed by atoms with Crippen LogP contribution in [-0.2, 0) is 24.0 Å². The zero-order chi connectivity index (χ0) is 23.4. The van der Waals surface area contributed by atoms with Gasteiger partial charge in [0.05, 0.1) is 6.04 Å². The van der Waals surface area contributed by atoms with Crippen molar-refractivity contribution in [2.75, 3.05) is 12.0 Å². The predicted molar refractivity (Wildman–Crippen MR) is 112 cm³/mol. The van der Waals surface area contributed by atoms with Gasteiger partial charge in [-0.2, -0.15) is 11.8 Å². The summed E-state index contributed by atoms with van der Waals surface area (Å²) >= 11 is 1.45. The van der Waals surface area contributed by atoms with Crippen LogP contribution >= 0.6 is 11.8 Å². The predicted octanol–water partition coefficient (Wildman–Crippen LogP) is -0.853. The summed E-state index contributed by atoms with van der Waals surface area (Å²) in [6.45, 7) is 4.70. The number of carboxylic acids is 2. The van der Waals surface area contributed by atoms with Crippen LogP contribution < -0.4 is 21.7 Å². The van der Waals surface area contributed by atoms with Crippen molar-refractivity contribution in [2.24, 2.45) is 11.7 Å². The molecule has 0 aromatic rings. The van der Waals surface area contributed by atoms with Crippen molar-refractivity contribution in [3.05, 3.63) is 0 Å². The maximum atomic E-state index is 12.5. The summed E-state index contributed by atoms with van der Waals surface area (Å²) < 4.78 is 0. The van der Waals surface area contributed by atoms with E-state index in [1.165, 1.54) is 18.7 Å². The van der Waals surface area contributed by atoms with Gasteiger partial charge in [-0.15, -0.1) is 0 Å². The highest BCUT2D eigenvalue weighted by Gasteiger charge is 2.29. The van der Waals surface area contributed by atoms with Crippen LogP contribution in [0.4, 0.5) is 0 Å². The summed E-state index contributed by atoms with van der Waals surface area (Å²) in [6, 6.07) is -4.20. The summed E-state index contributed by atoms with van der Waals surface area (Å²) in [5.74, 6) is -4.04. The van der Waals surface area contributed by atoms with Crippen molar-refractivity contribution in [1.82, 2.24) is 16.0 Å². The third-order valence-electron chi connectivity index (χ3n) is 4.23. The molecule has 0 saturated carbocycles. The van der Waals surface area contributed by atoms with Gasteiger partial charge in [-0.05, 0) is 37.7 Å². The fourth-order valence-electron chi connectivity index (χ4n) is 2.36. The van der Waals surface area contributed by atoms with Crippen molar-refractivity contribution < 1.29 is 34.2 Å². The van der Waals surface area contributed by atoms with Crippen LogP contribution in [0.2, 0.25) is 0 Å². The molecule has 0 aromatic heterocycles. The monoisotopic (exact) mass is 448 g/mol. The van der Waals surface area contributed by atoms with Crippen LogP contribution in [0, 0.1) is 5.92 Å². The van der Waals surface area contributed by atoms with Crippen LogP contribution in [0.5, 0.6) is 0 Å². The van der Waals surface area contributed by atoms with Crippen LogP contribution in [0.15, 0.2) is 0 Å². The largest absolute Gasteiger partial charge is 0.481 e. The first kappa shape index (κ1) is 27.7. The Balaban J connectivity index is 4.99. The Morgan fingerprint density at radius 1 is 0.900 bits per heavy atom. The van der Waals surface area contributed by atoms with Gasteiger partial charge in [0.2, 0.25) is 17.7 Å². The highest BCUT2D eigenvalue weighted by molar-refractivity contribution is 7.98. The molecule has 0 bridgehead atoms. The molecule has 172 valence electrons. The zero-order valence-electron chi connectivity index (χ0n) is 17.6. The molecule has 7 N–H and O–H groups in total. The van der Waals surface area contributed by atoms with Gasteiger partial charge >= 0.3 is 11.9 Å². The first-order valence-corrected chi connectivity index (χ1v) is 10.9. The van der Waals surface area contributed by atoms with E-state index in [0.717, 1.165) is 0 Å². The maximum Gasteiger partial charge on any atom is 0.326 e. The second-order valence-corrected chi connectivity index (χ2v) is 8.17. The number of nitrogens with two attached hydrogens (primary N) is 1. The van der Waals surface area contributed by atoms with Gasteiger partial charge in [0.25, 0.3) is 0 Å². The fourth-order valence-corrected chi connectivity index (χ4v) is 2.84. The number of thioether (sulfide) groups is 1. The zero-order valence-corrected chi connectivity index (χ0v) is 18.5. The molecule has 3 amide bonds. The van der Waals surface area contributed by atoms with E-state index in [9.17, 15) is 29.1 Å². The lowest BCUT2D eigenvalue weighted by Crippen LogP contribution is -2.57. The molecule has 0 fully saturated rings. The molecule has 0 aliphatic heterocycles. The third kappa shape index (κ3) is 10.4. The Bertz CT molecular complexity index is 630. The standard InChI is InChI=1S/C18H32N4O7S/c1-9(2)14(18(28)29)22-17(27)12(7-8-30-4)21-15(25)10(3)20-16(26)11(19)5-6-13(23)24/h9-12,14H,5-8,19H2,1-4H3,(H,20,26)(H,21,25)(H,22,27)(H,23,24)(H,28,29). The molecule has 12 heteroatoms. The van der Waals surface area contributed by atoms with E-state index in [-0.39, 0.29) is 25.2 Å². The summed E-state index contributed by atoms with van der Waals surface area (Å²) in [5.41, 5.74) is 5.61. The number of rotatable bonds is 14.